The number of para-hydroxylation sites is 1. The van der Waals surface area contributed by atoms with Crippen LogP contribution in [0.4, 0.5) is 5.69 Å². The molecule has 0 amide bonds. The second-order valence-corrected chi connectivity index (χ2v) is 5.04. The van der Waals surface area contributed by atoms with Crippen LogP contribution in [0.2, 0.25) is 0 Å². The summed E-state index contributed by atoms with van der Waals surface area (Å²) in [5.74, 6) is -0.812. The highest BCUT2D eigenvalue weighted by Crippen LogP contribution is 2.32. The average molecular weight is 249 g/mol. The summed E-state index contributed by atoms with van der Waals surface area (Å²) in [5, 5.41) is 12.7. The lowest BCUT2D eigenvalue weighted by molar-refractivity contribution is -0.151. The number of hydrogen-bond acceptors (Lipinski definition) is 3. The molecule has 0 saturated carbocycles. The van der Waals surface area contributed by atoms with Crippen LogP contribution in [0.25, 0.3) is 0 Å². The Labute approximate surface area is 107 Å². The SMILES string of the molecule is CC1CC(Nc2ccccc2)(C(=O)O)CC(C)O1. The lowest BCUT2D eigenvalue weighted by Gasteiger charge is -2.40. The van der Waals surface area contributed by atoms with Gasteiger partial charge in [0, 0.05) is 18.5 Å². The topological polar surface area (TPSA) is 58.6 Å². The summed E-state index contributed by atoms with van der Waals surface area (Å²) in [6.45, 7) is 3.83. The van der Waals surface area contributed by atoms with Crippen LogP contribution in [-0.4, -0.2) is 28.8 Å². The zero-order chi connectivity index (χ0) is 13.2. The number of ether oxygens (including phenoxy) is 1. The van der Waals surface area contributed by atoms with E-state index in [1.54, 1.807) is 0 Å². The number of aliphatic carboxylic acids is 1. The Kier molecular flexibility index (Phi) is 3.57. The van der Waals surface area contributed by atoms with Crippen molar-refractivity contribution in [3.05, 3.63) is 30.3 Å². The predicted octanol–water partition coefficient (Wildman–Crippen LogP) is 2.51. The molecule has 2 rings (SSSR count). The summed E-state index contributed by atoms with van der Waals surface area (Å²) in [4.78, 5) is 11.7. The Hall–Kier alpha value is -1.55. The second-order valence-electron chi connectivity index (χ2n) is 5.04. The van der Waals surface area contributed by atoms with Crippen LogP contribution in [0.1, 0.15) is 26.7 Å². The van der Waals surface area contributed by atoms with Crippen LogP contribution < -0.4 is 5.32 Å². The van der Waals surface area contributed by atoms with Gasteiger partial charge in [0.1, 0.15) is 5.54 Å². The molecule has 0 spiro atoms. The quantitative estimate of drug-likeness (QED) is 0.864. The van der Waals surface area contributed by atoms with Crippen molar-refractivity contribution in [3.8, 4) is 0 Å². The van der Waals surface area contributed by atoms with Crippen LogP contribution >= 0.6 is 0 Å². The Bertz CT molecular complexity index is 408. The smallest absolute Gasteiger partial charge is 0.329 e. The molecule has 4 nitrogen and oxygen atoms in total. The zero-order valence-corrected chi connectivity index (χ0v) is 10.7. The molecule has 1 aliphatic rings. The van der Waals surface area contributed by atoms with E-state index in [4.69, 9.17) is 4.74 Å². The fraction of sp³-hybridized carbons (Fsp3) is 0.500. The van der Waals surface area contributed by atoms with E-state index >= 15 is 0 Å². The Morgan fingerprint density at radius 1 is 1.28 bits per heavy atom. The number of hydrogen-bond donors (Lipinski definition) is 2. The van der Waals surface area contributed by atoms with Gasteiger partial charge in [0.15, 0.2) is 0 Å². The Morgan fingerprint density at radius 3 is 2.33 bits per heavy atom. The van der Waals surface area contributed by atoms with Gasteiger partial charge >= 0.3 is 5.97 Å². The molecule has 2 unspecified atom stereocenters. The molecule has 0 aliphatic carbocycles. The van der Waals surface area contributed by atoms with Crippen molar-refractivity contribution in [3.63, 3.8) is 0 Å². The van der Waals surface area contributed by atoms with Gasteiger partial charge in [-0.1, -0.05) is 18.2 Å². The first-order valence-corrected chi connectivity index (χ1v) is 6.24. The van der Waals surface area contributed by atoms with Crippen LogP contribution in [0.3, 0.4) is 0 Å². The number of carboxylic acids is 1. The maximum Gasteiger partial charge on any atom is 0.329 e. The first kappa shape index (κ1) is 12.9. The maximum atomic E-state index is 11.7. The van der Waals surface area contributed by atoms with Gasteiger partial charge < -0.3 is 15.2 Å². The molecule has 98 valence electrons. The first-order chi connectivity index (χ1) is 8.52. The summed E-state index contributed by atoms with van der Waals surface area (Å²) in [7, 11) is 0. The van der Waals surface area contributed by atoms with Crippen LogP contribution in [-0.2, 0) is 9.53 Å². The van der Waals surface area contributed by atoms with E-state index in [9.17, 15) is 9.90 Å². The number of carboxylic acid groups (broad SMARTS) is 1. The first-order valence-electron chi connectivity index (χ1n) is 6.24. The van der Waals surface area contributed by atoms with Crippen molar-refractivity contribution >= 4 is 11.7 Å². The van der Waals surface area contributed by atoms with Gasteiger partial charge in [-0.3, -0.25) is 0 Å². The third-order valence-corrected chi connectivity index (χ3v) is 3.30. The van der Waals surface area contributed by atoms with Crippen molar-refractivity contribution in [1.82, 2.24) is 0 Å². The van der Waals surface area contributed by atoms with E-state index in [0.29, 0.717) is 12.8 Å². The minimum absolute atomic E-state index is 0.0546. The van der Waals surface area contributed by atoms with Crippen LogP contribution in [0, 0.1) is 0 Å². The molecule has 1 aliphatic heterocycles. The highest BCUT2D eigenvalue weighted by molar-refractivity contribution is 5.83. The predicted molar refractivity (Wildman–Crippen MR) is 69.7 cm³/mol. The standard InChI is InChI=1S/C14H19NO3/c1-10-8-14(13(16)17,9-11(2)18-10)15-12-6-4-3-5-7-12/h3-7,10-11,15H,8-9H2,1-2H3,(H,16,17). The van der Waals surface area contributed by atoms with Gasteiger partial charge in [-0.2, -0.15) is 0 Å². The Morgan fingerprint density at radius 2 is 1.83 bits per heavy atom. The largest absolute Gasteiger partial charge is 0.480 e. The highest BCUT2D eigenvalue weighted by atomic mass is 16.5. The monoisotopic (exact) mass is 249 g/mol. The van der Waals surface area contributed by atoms with E-state index in [0.717, 1.165) is 5.69 Å². The van der Waals surface area contributed by atoms with Crippen molar-refractivity contribution in [2.75, 3.05) is 5.32 Å². The number of benzene rings is 1. The molecular formula is C14H19NO3. The molecule has 18 heavy (non-hydrogen) atoms. The average Bonchev–Trinajstić information content (AvgIpc) is 2.28. The summed E-state index contributed by atoms with van der Waals surface area (Å²) in [6.07, 6.45) is 0.838. The van der Waals surface area contributed by atoms with Gasteiger partial charge in [-0.05, 0) is 26.0 Å². The van der Waals surface area contributed by atoms with Gasteiger partial charge in [0.25, 0.3) is 0 Å². The zero-order valence-electron chi connectivity index (χ0n) is 10.7. The molecule has 1 fully saturated rings. The summed E-state index contributed by atoms with van der Waals surface area (Å²) in [6, 6.07) is 9.47. The molecule has 2 atom stereocenters. The van der Waals surface area contributed by atoms with E-state index in [1.165, 1.54) is 0 Å². The lowest BCUT2D eigenvalue weighted by atomic mass is 9.84. The molecule has 1 aromatic carbocycles. The molecule has 2 N–H and O–H groups in total. The van der Waals surface area contributed by atoms with E-state index < -0.39 is 11.5 Å². The number of carbonyl (C=O) groups is 1. The maximum absolute atomic E-state index is 11.7. The minimum Gasteiger partial charge on any atom is -0.480 e. The van der Waals surface area contributed by atoms with Crippen molar-refractivity contribution < 1.29 is 14.6 Å². The second kappa shape index (κ2) is 4.98. The van der Waals surface area contributed by atoms with Crippen LogP contribution in [0.15, 0.2) is 30.3 Å². The third-order valence-electron chi connectivity index (χ3n) is 3.30. The molecule has 0 radical (unpaired) electrons. The molecule has 1 aromatic rings. The third kappa shape index (κ3) is 2.64. The van der Waals surface area contributed by atoms with E-state index in [-0.39, 0.29) is 12.2 Å². The molecular weight excluding hydrogens is 230 g/mol. The van der Waals surface area contributed by atoms with Gasteiger partial charge in [0.05, 0.1) is 12.2 Å². The molecule has 4 heteroatoms. The summed E-state index contributed by atoms with van der Waals surface area (Å²) in [5.41, 5.74) is -0.0977. The highest BCUT2D eigenvalue weighted by Gasteiger charge is 2.45. The molecule has 1 heterocycles. The van der Waals surface area contributed by atoms with Crippen molar-refractivity contribution in [2.24, 2.45) is 0 Å². The van der Waals surface area contributed by atoms with Crippen molar-refractivity contribution in [1.29, 1.82) is 0 Å². The van der Waals surface area contributed by atoms with Crippen LogP contribution in [0.5, 0.6) is 0 Å². The fourth-order valence-corrected chi connectivity index (χ4v) is 2.69. The number of rotatable bonds is 3. The normalized spacial score (nSPS) is 31.9. The van der Waals surface area contributed by atoms with Crippen molar-refractivity contribution in [2.45, 2.75) is 44.4 Å². The van der Waals surface area contributed by atoms with E-state index in [2.05, 4.69) is 5.32 Å². The fourth-order valence-electron chi connectivity index (χ4n) is 2.69. The molecule has 0 bridgehead atoms. The molecule has 1 saturated heterocycles. The van der Waals surface area contributed by atoms with Gasteiger partial charge in [-0.25, -0.2) is 4.79 Å². The van der Waals surface area contributed by atoms with Gasteiger partial charge in [-0.15, -0.1) is 0 Å². The van der Waals surface area contributed by atoms with E-state index in [1.807, 2.05) is 44.2 Å². The summed E-state index contributed by atoms with van der Waals surface area (Å²) < 4.78 is 5.63. The Balaban J connectivity index is 2.24. The minimum atomic E-state index is -0.932. The molecule has 0 aromatic heterocycles. The number of anilines is 1. The lowest BCUT2D eigenvalue weighted by Crippen LogP contribution is -2.54. The number of nitrogens with one attached hydrogen (secondary N) is 1. The summed E-state index contributed by atoms with van der Waals surface area (Å²) >= 11 is 0. The van der Waals surface area contributed by atoms with Gasteiger partial charge in [0.2, 0.25) is 0 Å².